The standard InChI is InChI=1S/C27H44O3/c1-5-27-15-7-9-21(11-10-20-16-22(28)18-23(29)17-20)25(27)13-12-24(27)19(2)8-6-14-26(3,4)30/h5,10-11,19,22-25,28-30H,1,6-9,12-18H2,2-4H3/b21-11+/t19-,22-,23-,24-,25+,27-/m1/s1. The van der Waals surface area contributed by atoms with E-state index in [1.807, 2.05) is 13.8 Å². The van der Waals surface area contributed by atoms with Crippen LogP contribution in [0.5, 0.6) is 0 Å². The molecule has 3 aliphatic rings. The van der Waals surface area contributed by atoms with E-state index in [-0.39, 0.29) is 5.41 Å². The number of fused-ring (bicyclic) bond motifs is 1. The van der Waals surface area contributed by atoms with Crippen LogP contribution in [0.2, 0.25) is 0 Å². The van der Waals surface area contributed by atoms with Crippen LogP contribution in [0.25, 0.3) is 0 Å². The molecule has 3 rings (SSSR count). The Kier molecular flexibility index (Phi) is 7.69. The molecule has 30 heavy (non-hydrogen) atoms. The minimum absolute atomic E-state index is 0.211. The van der Waals surface area contributed by atoms with E-state index in [4.69, 9.17) is 0 Å². The maximum Gasteiger partial charge on any atom is 0.0602 e. The van der Waals surface area contributed by atoms with Crippen molar-refractivity contribution in [2.75, 3.05) is 0 Å². The highest BCUT2D eigenvalue weighted by atomic mass is 16.3. The van der Waals surface area contributed by atoms with Gasteiger partial charge in [0.15, 0.2) is 0 Å². The first-order valence-corrected chi connectivity index (χ1v) is 12.2. The van der Waals surface area contributed by atoms with Crippen LogP contribution in [0.1, 0.15) is 91.4 Å². The fourth-order valence-electron chi connectivity index (χ4n) is 6.80. The van der Waals surface area contributed by atoms with Gasteiger partial charge in [-0.15, -0.1) is 6.58 Å². The van der Waals surface area contributed by atoms with Crippen LogP contribution in [0.4, 0.5) is 0 Å². The largest absolute Gasteiger partial charge is 0.393 e. The van der Waals surface area contributed by atoms with Gasteiger partial charge in [-0.05, 0) is 94.8 Å². The van der Waals surface area contributed by atoms with Gasteiger partial charge in [0, 0.05) is 0 Å². The highest BCUT2D eigenvalue weighted by Gasteiger charge is 2.51. The van der Waals surface area contributed by atoms with Gasteiger partial charge < -0.3 is 15.3 Å². The van der Waals surface area contributed by atoms with Crippen molar-refractivity contribution in [2.24, 2.45) is 23.2 Å². The molecule has 3 nitrogen and oxygen atoms in total. The second-order valence-corrected chi connectivity index (χ2v) is 11.1. The van der Waals surface area contributed by atoms with Crippen molar-refractivity contribution in [3.63, 3.8) is 0 Å². The second kappa shape index (κ2) is 9.71. The summed E-state index contributed by atoms with van der Waals surface area (Å²) in [7, 11) is 0. The van der Waals surface area contributed by atoms with Gasteiger partial charge in [0.05, 0.1) is 17.8 Å². The van der Waals surface area contributed by atoms with Crippen molar-refractivity contribution in [1.29, 1.82) is 0 Å². The second-order valence-electron chi connectivity index (χ2n) is 11.1. The molecular formula is C27H44O3. The molecule has 0 unspecified atom stereocenters. The summed E-state index contributed by atoms with van der Waals surface area (Å²) >= 11 is 0. The molecule has 0 amide bonds. The fourth-order valence-corrected chi connectivity index (χ4v) is 6.80. The first-order valence-electron chi connectivity index (χ1n) is 12.2. The highest BCUT2D eigenvalue weighted by molar-refractivity contribution is 5.28. The minimum atomic E-state index is -0.567. The predicted octanol–water partition coefficient (Wildman–Crippen LogP) is 5.70. The lowest BCUT2D eigenvalue weighted by Crippen LogP contribution is -2.37. The van der Waals surface area contributed by atoms with E-state index in [2.05, 4.69) is 31.7 Å². The summed E-state index contributed by atoms with van der Waals surface area (Å²) < 4.78 is 0. The van der Waals surface area contributed by atoms with E-state index in [0.717, 1.165) is 19.3 Å². The molecule has 0 radical (unpaired) electrons. The van der Waals surface area contributed by atoms with Gasteiger partial charge in [-0.1, -0.05) is 49.1 Å². The number of hydrogen-bond donors (Lipinski definition) is 3. The monoisotopic (exact) mass is 416 g/mol. The Bertz CT molecular complexity index is 644. The number of aliphatic hydroxyl groups excluding tert-OH is 2. The zero-order chi connectivity index (χ0) is 21.9. The smallest absolute Gasteiger partial charge is 0.0602 e. The molecule has 0 aromatic heterocycles. The van der Waals surface area contributed by atoms with Crippen LogP contribution in [0.3, 0.4) is 0 Å². The van der Waals surface area contributed by atoms with Crippen LogP contribution in [0, 0.1) is 23.2 Å². The molecule has 3 heteroatoms. The zero-order valence-electron chi connectivity index (χ0n) is 19.4. The van der Waals surface area contributed by atoms with Gasteiger partial charge >= 0.3 is 0 Å². The van der Waals surface area contributed by atoms with Crippen LogP contribution < -0.4 is 0 Å². The molecule has 0 aromatic carbocycles. The van der Waals surface area contributed by atoms with E-state index in [0.29, 0.717) is 37.0 Å². The highest BCUT2D eigenvalue weighted by Crippen LogP contribution is 2.60. The molecule has 0 saturated heterocycles. The third-order valence-electron chi connectivity index (χ3n) is 8.22. The lowest BCUT2D eigenvalue weighted by atomic mass is 9.59. The maximum atomic E-state index is 10.1. The molecule has 6 atom stereocenters. The third-order valence-corrected chi connectivity index (χ3v) is 8.22. The van der Waals surface area contributed by atoms with Crippen LogP contribution in [0.15, 0.2) is 36.0 Å². The van der Waals surface area contributed by atoms with Crippen molar-refractivity contribution in [2.45, 2.75) is 109 Å². The summed E-state index contributed by atoms with van der Waals surface area (Å²) in [5.74, 6) is 1.91. The molecule has 0 bridgehead atoms. The summed E-state index contributed by atoms with van der Waals surface area (Å²) in [6.45, 7) is 10.6. The Balaban J connectivity index is 1.72. The summed E-state index contributed by atoms with van der Waals surface area (Å²) in [6, 6.07) is 0. The van der Waals surface area contributed by atoms with Crippen molar-refractivity contribution in [1.82, 2.24) is 0 Å². The van der Waals surface area contributed by atoms with Gasteiger partial charge in [0.25, 0.3) is 0 Å². The topological polar surface area (TPSA) is 60.7 Å². The molecule has 0 heterocycles. The molecule has 170 valence electrons. The van der Waals surface area contributed by atoms with Crippen molar-refractivity contribution in [3.05, 3.63) is 36.0 Å². The molecular weight excluding hydrogens is 372 g/mol. The molecule has 3 saturated carbocycles. The van der Waals surface area contributed by atoms with Crippen molar-refractivity contribution in [3.8, 4) is 0 Å². The quantitative estimate of drug-likeness (QED) is 0.466. The first kappa shape index (κ1) is 23.8. The molecule has 3 fully saturated rings. The summed E-state index contributed by atoms with van der Waals surface area (Å²) in [4.78, 5) is 0. The molecule has 0 aliphatic heterocycles. The fraction of sp³-hybridized carbons (Fsp3) is 0.778. The van der Waals surface area contributed by atoms with Crippen LogP contribution in [-0.4, -0.2) is 33.1 Å². The Morgan fingerprint density at radius 3 is 2.50 bits per heavy atom. The van der Waals surface area contributed by atoms with Crippen molar-refractivity contribution < 1.29 is 15.3 Å². The number of rotatable bonds is 7. The minimum Gasteiger partial charge on any atom is -0.393 e. The van der Waals surface area contributed by atoms with E-state index < -0.39 is 17.8 Å². The van der Waals surface area contributed by atoms with Gasteiger partial charge in [-0.2, -0.15) is 0 Å². The van der Waals surface area contributed by atoms with E-state index in [1.165, 1.54) is 37.7 Å². The SMILES string of the molecule is C=C[C@]12CCC/C(=C\C=C3C[C@@H](O)C[C@H](O)C3)[C@@H]1CC[C@@H]2[C@H](C)CCCC(C)(C)O. The Morgan fingerprint density at radius 2 is 1.87 bits per heavy atom. The molecule has 0 aromatic rings. The van der Waals surface area contributed by atoms with Gasteiger partial charge in [-0.25, -0.2) is 0 Å². The average molecular weight is 417 g/mol. The predicted molar refractivity (Wildman–Crippen MR) is 124 cm³/mol. The summed E-state index contributed by atoms with van der Waals surface area (Å²) in [5, 5.41) is 30.0. The summed E-state index contributed by atoms with van der Waals surface area (Å²) in [6.07, 6.45) is 17.1. The van der Waals surface area contributed by atoms with Crippen LogP contribution in [-0.2, 0) is 0 Å². The normalized spacial score (nSPS) is 37.1. The van der Waals surface area contributed by atoms with E-state index in [9.17, 15) is 15.3 Å². The van der Waals surface area contributed by atoms with Crippen LogP contribution >= 0.6 is 0 Å². The van der Waals surface area contributed by atoms with Crippen molar-refractivity contribution >= 4 is 0 Å². The van der Waals surface area contributed by atoms with E-state index >= 15 is 0 Å². The molecule has 3 N–H and O–H groups in total. The first-order chi connectivity index (χ1) is 14.1. The average Bonchev–Trinajstić information content (AvgIpc) is 3.05. The Labute approximate surface area is 184 Å². The van der Waals surface area contributed by atoms with E-state index in [1.54, 1.807) is 5.57 Å². The number of aliphatic hydroxyl groups is 3. The molecule has 3 aliphatic carbocycles. The lowest BCUT2D eigenvalue weighted by Gasteiger charge is -2.45. The Morgan fingerprint density at radius 1 is 1.17 bits per heavy atom. The maximum absolute atomic E-state index is 10.1. The van der Waals surface area contributed by atoms with Gasteiger partial charge in [0.2, 0.25) is 0 Å². The lowest BCUT2D eigenvalue weighted by molar-refractivity contribution is 0.0606. The number of hydrogen-bond acceptors (Lipinski definition) is 3. The summed E-state index contributed by atoms with van der Waals surface area (Å²) in [5.41, 5.74) is 2.37. The Hall–Kier alpha value is -0.900. The molecule has 0 spiro atoms. The third kappa shape index (κ3) is 5.47. The number of allylic oxidation sites excluding steroid dienone is 4. The van der Waals surface area contributed by atoms with Gasteiger partial charge in [-0.3, -0.25) is 0 Å². The van der Waals surface area contributed by atoms with Gasteiger partial charge in [0.1, 0.15) is 0 Å². The zero-order valence-corrected chi connectivity index (χ0v) is 19.4.